The van der Waals surface area contributed by atoms with Crippen molar-refractivity contribution in [3.8, 4) is 5.75 Å². The van der Waals surface area contributed by atoms with Gasteiger partial charge >= 0.3 is 0 Å². The van der Waals surface area contributed by atoms with Gasteiger partial charge in [-0.15, -0.1) is 0 Å². The zero-order valence-corrected chi connectivity index (χ0v) is 10.8. The smallest absolute Gasteiger partial charge is 0.251 e. The predicted molar refractivity (Wildman–Crippen MR) is 69.9 cm³/mol. The van der Waals surface area contributed by atoms with Crippen LogP contribution in [-0.4, -0.2) is 43.9 Å². The molecule has 5 nitrogen and oxygen atoms in total. The van der Waals surface area contributed by atoms with Gasteiger partial charge in [-0.05, 0) is 31.2 Å². The molecular formula is C13H20N2O3. The summed E-state index contributed by atoms with van der Waals surface area (Å²) in [6.07, 6.45) is -0.373. The van der Waals surface area contributed by atoms with Crippen LogP contribution in [0.15, 0.2) is 24.3 Å². The molecule has 0 saturated heterocycles. The Balaban J connectivity index is 2.27. The predicted octanol–water partition coefficient (Wildman–Crippen LogP) is 0.395. The molecule has 0 aromatic heterocycles. The fraction of sp³-hybridized carbons (Fsp3) is 0.462. The summed E-state index contributed by atoms with van der Waals surface area (Å²) >= 11 is 0. The average molecular weight is 252 g/mol. The van der Waals surface area contributed by atoms with E-state index in [4.69, 9.17) is 9.84 Å². The minimum absolute atomic E-state index is 0.114. The number of rotatable bonds is 7. The highest BCUT2D eigenvalue weighted by Crippen LogP contribution is 2.10. The van der Waals surface area contributed by atoms with Crippen LogP contribution >= 0.6 is 0 Å². The number of carbonyl (C=O) groups is 1. The lowest BCUT2D eigenvalue weighted by molar-refractivity contribution is 0.0953. The SMILES string of the molecule is COc1ccc(C(=O)NCCNCC(C)O)cc1. The number of benzene rings is 1. The third-order valence-corrected chi connectivity index (χ3v) is 2.38. The molecule has 0 heterocycles. The van der Waals surface area contributed by atoms with E-state index in [0.717, 1.165) is 5.75 Å². The van der Waals surface area contributed by atoms with Crippen LogP contribution < -0.4 is 15.4 Å². The number of amides is 1. The van der Waals surface area contributed by atoms with E-state index in [-0.39, 0.29) is 12.0 Å². The molecule has 1 aromatic carbocycles. The Labute approximate surface area is 107 Å². The van der Waals surface area contributed by atoms with Crippen molar-refractivity contribution >= 4 is 5.91 Å². The van der Waals surface area contributed by atoms with E-state index < -0.39 is 0 Å². The summed E-state index contributed by atoms with van der Waals surface area (Å²) in [4.78, 5) is 11.7. The molecule has 0 aliphatic heterocycles. The first-order valence-electron chi connectivity index (χ1n) is 5.94. The molecule has 0 radical (unpaired) electrons. The molecule has 0 aliphatic rings. The molecule has 3 N–H and O–H groups in total. The normalized spacial score (nSPS) is 11.9. The Morgan fingerprint density at radius 3 is 2.56 bits per heavy atom. The molecule has 1 unspecified atom stereocenters. The summed E-state index contributed by atoms with van der Waals surface area (Å²) in [5, 5.41) is 14.8. The van der Waals surface area contributed by atoms with Gasteiger partial charge in [-0.3, -0.25) is 4.79 Å². The molecule has 100 valence electrons. The monoisotopic (exact) mass is 252 g/mol. The van der Waals surface area contributed by atoms with Gasteiger partial charge in [0, 0.05) is 25.2 Å². The van der Waals surface area contributed by atoms with Crippen LogP contribution in [0.1, 0.15) is 17.3 Å². The molecule has 18 heavy (non-hydrogen) atoms. The Morgan fingerprint density at radius 2 is 2.00 bits per heavy atom. The van der Waals surface area contributed by atoms with Crippen molar-refractivity contribution in [2.24, 2.45) is 0 Å². The van der Waals surface area contributed by atoms with Crippen molar-refractivity contribution in [3.63, 3.8) is 0 Å². The minimum atomic E-state index is -0.373. The van der Waals surface area contributed by atoms with Crippen molar-refractivity contribution in [2.75, 3.05) is 26.7 Å². The van der Waals surface area contributed by atoms with Gasteiger partial charge in [-0.1, -0.05) is 0 Å². The first-order valence-corrected chi connectivity index (χ1v) is 5.94. The molecule has 5 heteroatoms. The molecule has 0 fully saturated rings. The largest absolute Gasteiger partial charge is 0.497 e. The molecule has 0 bridgehead atoms. The first kappa shape index (κ1) is 14.5. The van der Waals surface area contributed by atoms with Crippen LogP contribution in [0.25, 0.3) is 0 Å². The fourth-order valence-electron chi connectivity index (χ4n) is 1.42. The Hall–Kier alpha value is -1.59. The highest BCUT2D eigenvalue weighted by Gasteiger charge is 2.04. The molecule has 0 aliphatic carbocycles. The van der Waals surface area contributed by atoms with Crippen molar-refractivity contribution < 1.29 is 14.6 Å². The molecule has 1 amide bonds. The Morgan fingerprint density at radius 1 is 1.33 bits per heavy atom. The van der Waals surface area contributed by atoms with Gasteiger partial charge in [0.2, 0.25) is 0 Å². The van der Waals surface area contributed by atoms with Crippen LogP contribution in [0, 0.1) is 0 Å². The minimum Gasteiger partial charge on any atom is -0.497 e. The lowest BCUT2D eigenvalue weighted by atomic mass is 10.2. The van der Waals surface area contributed by atoms with Gasteiger partial charge < -0.3 is 20.5 Å². The standard InChI is InChI=1S/C13H20N2O3/c1-10(16)9-14-7-8-15-13(17)11-3-5-12(18-2)6-4-11/h3-6,10,14,16H,7-9H2,1-2H3,(H,15,17). The van der Waals surface area contributed by atoms with Gasteiger partial charge in [0.1, 0.15) is 5.75 Å². The summed E-state index contributed by atoms with van der Waals surface area (Å²) in [6.45, 7) is 3.39. The molecule has 1 rings (SSSR count). The maximum Gasteiger partial charge on any atom is 0.251 e. The summed E-state index contributed by atoms with van der Waals surface area (Å²) < 4.78 is 5.02. The van der Waals surface area contributed by atoms with E-state index in [2.05, 4.69) is 10.6 Å². The van der Waals surface area contributed by atoms with Gasteiger partial charge in [0.15, 0.2) is 0 Å². The quantitative estimate of drug-likeness (QED) is 0.614. The van der Waals surface area contributed by atoms with Crippen LogP contribution in [0.2, 0.25) is 0 Å². The number of nitrogens with one attached hydrogen (secondary N) is 2. The first-order chi connectivity index (χ1) is 8.63. The van der Waals surface area contributed by atoms with Crippen LogP contribution in [0.3, 0.4) is 0 Å². The van der Waals surface area contributed by atoms with Crippen molar-refractivity contribution in [1.82, 2.24) is 10.6 Å². The molecule has 1 aromatic rings. The number of carbonyl (C=O) groups excluding carboxylic acids is 1. The lowest BCUT2D eigenvalue weighted by Crippen LogP contribution is -2.34. The maximum absolute atomic E-state index is 11.7. The topological polar surface area (TPSA) is 70.6 Å². The third kappa shape index (κ3) is 5.16. The number of aliphatic hydroxyl groups excluding tert-OH is 1. The summed E-state index contributed by atoms with van der Waals surface area (Å²) in [6, 6.07) is 6.94. The van der Waals surface area contributed by atoms with Gasteiger partial charge in [0.25, 0.3) is 5.91 Å². The number of hydrogen-bond acceptors (Lipinski definition) is 4. The van der Waals surface area contributed by atoms with E-state index >= 15 is 0 Å². The average Bonchev–Trinajstić information content (AvgIpc) is 2.38. The number of aliphatic hydroxyl groups is 1. The number of hydrogen-bond donors (Lipinski definition) is 3. The number of ether oxygens (including phenoxy) is 1. The molecule has 1 atom stereocenters. The summed E-state index contributed by atoms with van der Waals surface area (Å²) in [5.74, 6) is 0.613. The summed E-state index contributed by atoms with van der Waals surface area (Å²) in [5.41, 5.74) is 0.603. The second-order valence-electron chi connectivity index (χ2n) is 4.04. The van der Waals surface area contributed by atoms with Crippen LogP contribution in [0.4, 0.5) is 0 Å². The van der Waals surface area contributed by atoms with Gasteiger partial charge in [0.05, 0.1) is 13.2 Å². The highest BCUT2D eigenvalue weighted by molar-refractivity contribution is 5.94. The van der Waals surface area contributed by atoms with Crippen molar-refractivity contribution in [2.45, 2.75) is 13.0 Å². The van der Waals surface area contributed by atoms with E-state index in [1.165, 1.54) is 0 Å². The lowest BCUT2D eigenvalue weighted by Gasteiger charge is -2.08. The van der Waals surface area contributed by atoms with Crippen molar-refractivity contribution in [1.29, 1.82) is 0 Å². The van der Waals surface area contributed by atoms with Gasteiger partial charge in [-0.2, -0.15) is 0 Å². The van der Waals surface area contributed by atoms with Gasteiger partial charge in [-0.25, -0.2) is 0 Å². The maximum atomic E-state index is 11.7. The zero-order chi connectivity index (χ0) is 13.4. The van der Waals surface area contributed by atoms with E-state index in [0.29, 0.717) is 25.2 Å². The van der Waals surface area contributed by atoms with E-state index in [1.54, 1.807) is 38.3 Å². The van der Waals surface area contributed by atoms with Crippen LogP contribution in [-0.2, 0) is 0 Å². The van der Waals surface area contributed by atoms with Crippen molar-refractivity contribution in [3.05, 3.63) is 29.8 Å². The second-order valence-corrected chi connectivity index (χ2v) is 4.04. The Bertz CT molecular complexity index is 363. The molecular weight excluding hydrogens is 232 g/mol. The third-order valence-electron chi connectivity index (χ3n) is 2.38. The van der Waals surface area contributed by atoms with E-state index in [1.807, 2.05) is 0 Å². The molecule has 0 saturated carbocycles. The van der Waals surface area contributed by atoms with Crippen LogP contribution in [0.5, 0.6) is 5.75 Å². The van der Waals surface area contributed by atoms with E-state index in [9.17, 15) is 4.79 Å². The zero-order valence-electron chi connectivity index (χ0n) is 10.8. The second kappa shape index (κ2) is 7.68. The highest BCUT2D eigenvalue weighted by atomic mass is 16.5. The molecule has 0 spiro atoms. The summed E-state index contributed by atoms with van der Waals surface area (Å²) in [7, 11) is 1.59. The number of methoxy groups -OCH3 is 1. The Kier molecular flexibility index (Phi) is 6.18. The fourth-order valence-corrected chi connectivity index (χ4v) is 1.42.